The number of nitrogens with two attached hydrogens (primary N) is 1. The van der Waals surface area contributed by atoms with Crippen LogP contribution < -0.4 is 24.7 Å². The number of anilines is 1. The highest BCUT2D eigenvalue weighted by atomic mass is 16.5. The number of nitrogens with one attached hydrogen (secondary N) is 1. The van der Waals surface area contributed by atoms with Gasteiger partial charge in [-0.15, -0.1) is 0 Å². The van der Waals surface area contributed by atoms with E-state index in [9.17, 15) is 5.11 Å². The maximum atomic E-state index is 10.6. The molecule has 31 heavy (non-hydrogen) atoms. The smallest absolute Gasteiger partial charge is 0.356 e. The number of quaternary nitrogens is 1. The largest absolute Gasteiger partial charge is 0.497 e. The van der Waals surface area contributed by atoms with Gasteiger partial charge in [-0.05, 0) is 36.4 Å². The molecule has 0 unspecified atom stereocenters. The van der Waals surface area contributed by atoms with E-state index in [-0.39, 0.29) is 6.61 Å². The van der Waals surface area contributed by atoms with Crippen molar-refractivity contribution >= 4 is 17.0 Å². The Bertz CT molecular complexity index is 983. The molecule has 1 atom stereocenters. The molecule has 2 heterocycles. The molecule has 2 aromatic carbocycles. The summed E-state index contributed by atoms with van der Waals surface area (Å²) in [6.07, 6.45) is -0.696. The number of aliphatic hydroxyl groups excluding tert-OH is 1. The molecule has 0 saturated carbocycles. The molecule has 4 rings (SSSR count). The van der Waals surface area contributed by atoms with Crippen LogP contribution in [0, 0.1) is 0 Å². The first-order valence-electron chi connectivity index (χ1n) is 10.8. The third kappa shape index (κ3) is 5.10. The van der Waals surface area contributed by atoms with Crippen LogP contribution in [0.3, 0.4) is 0 Å². The molecule has 3 aromatic rings. The van der Waals surface area contributed by atoms with Gasteiger partial charge in [-0.3, -0.25) is 5.73 Å². The van der Waals surface area contributed by atoms with Gasteiger partial charge in [0.05, 0.1) is 20.3 Å². The molecule has 4 N–H and O–H groups in total. The van der Waals surface area contributed by atoms with Crippen LogP contribution in [0.4, 0.5) is 5.95 Å². The van der Waals surface area contributed by atoms with Gasteiger partial charge >= 0.3 is 5.95 Å². The van der Waals surface area contributed by atoms with Crippen LogP contribution >= 0.6 is 0 Å². The van der Waals surface area contributed by atoms with Crippen molar-refractivity contribution < 1.29 is 28.8 Å². The van der Waals surface area contributed by atoms with Gasteiger partial charge in [-0.1, -0.05) is 12.1 Å². The number of benzene rings is 2. The van der Waals surface area contributed by atoms with Gasteiger partial charge < -0.3 is 24.2 Å². The van der Waals surface area contributed by atoms with Gasteiger partial charge in [0, 0.05) is 0 Å². The Morgan fingerprint density at radius 3 is 2.58 bits per heavy atom. The topological polar surface area (TPSA) is 87.2 Å². The van der Waals surface area contributed by atoms with Gasteiger partial charge in [-0.2, -0.15) is 0 Å². The summed E-state index contributed by atoms with van der Waals surface area (Å²) in [4.78, 5) is 1.53. The third-order valence-corrected chi connectivity index (χ3v) is 5.80. The van der Waals surface area contributed by atoms with E-state index in [4.69, 9.17) is 19.9 Å². The van der Waals surface area contributed by atoms with Crippen molar-refractivity contribution in [2.24, 2.45) is 0 Å². The maximum Gasteiger partial charge on any atom is 0.356 e. The fourth-order valence-electron chi connectivity index (χ4n) is 4.05. The van der Waals surface area contributed by atoms with Crippen molar-refractivity contribution in [2.75, 3.05) is 52.3 Å². The average Bonchev–Trinajstić information content (AvgIpc) is 3.08. The molecule has 8 heteroatoms. The molecule has 166 valence electrons. The quantitative estimate of drug-likeness (QED) is 0.414. The van der Waals surface area contributed by atoms with E-state index in [1.807, 2.05) is 47.0 Å². The summed E-state index contributed by atoms with van der Waals surface area (Å²) in [6.45, 7) is 6.05. The summed E-state index contributed by atoms with van der Waals surface area (Å²) in [5.41, 5.74) is 8.64. The standard InChI is InChI=1S/C23H30N4O4/c1-29-19-6-8-20(9-7-19)31-17-18(28)16-27-22-5-3-2-4-21(22)26(23(27)24)11-10-25-12-14-30-15-13-25/h2-9,18,24,28H,10-17H2,1H3/p+2/t18-/m0/s1. The van der Waals surface area contributed by atoms with Crippen molar-refractivity contribution in [1.82, 2.24) is 4.57 Å². The first-order chi connectivity index (χ1) is 15.2. The molecule has 1 aromatic heterocycles. The lowest BCUT2D eigenvalue weighted by atomic mass is 10.3. The molecule has 1 aliphatic heterocycles. The molecule has 0 radical (unpaired) electrons. The number of rotatable bonds is 9. The van der Waals surface area contributed by atoms with Gasteiger partial charge in [-0.25, -0.2) is 9.13 Å². The second-order valence-corrected chi connectivity index (χ2v) is 7.86. The Morgan fingerprint density at radius 1 is 1.13 bits per heavy atom. The number of hydrogen-bond acceptors (Lipinski definition) is 5. The number of para-hydroxylation sites is 2. The van der Waals surface area contributed by atoms with E-state index in [1.54, 1.807) is 7.11 Å². The average molecular weight is 429 g/mol. The van der Waals surface area contributed by atoms with E-state index in [0.717, 1.165) is 56.2 Å². The highest BCUT2D eigenvalue weighted by Gasteiger charge is 2.24. The van der Waals surface area contributed by atoms with Crippen LogP contribution in [0.25, 0.3) is 11.0 Å². The molecule has 0 amide bonds. The van der Waals surface area contributed by atoms with Crippen molar-refractivity contribution in [1.29, 1.82) is 0 Å². The minimum atomic E-state index is -0.696. The SMILES string of the molecule is COc1ccc(OC[C@@H](O)C[n+]2c(N)n(CC[NH+]3CCOCC3)c3ccccc32)cc1. The van der Waals surface area contributed by atoms with Crippen LogP contribution in [-0.4, -0.2) is 62.3 Å². The van der Waals surface area contributed by atoms with E-state index in [2.05, 4.69) is 10.6 Å². The number of methoxy groups -OCH3 is 1. The van der Waals surface area contributed by atoms with E-state index in [0.29, 0.717) is 18.2 Å². The van der Waals surface area contributed by atoms with E-state index < -0.39 is 6.10 Å². The Labute approximate surface area is 182 Å². The minimum absolute atomic E-state index is 0.177. The number of aromatic nitrogens is 2. The number of aliphatic hydroxyl groups is 1. The molecule has 0 aliphatic carbocycles. The zero-order valence-corrected chi connectivity index (χ0v) is 18.0. The maximum absolute atomic E-state index is 10.6. The van der Waals surface area contributed by atoms with Crippen molar-refractivity contribution in [3.05, 3.63) is 48.5 Å². The molecular weight excluding hydrogens is 396 g/mol. The highest BCUT2D eigenvalue weighted by Crippen LogP contribution is 2.18. The molecule has 8 nitrogen and oxygen atoms in total. The summed E-state index contributed by atoms with van der Waals surface area (Å²) in [5, 5.41) is 10.6. The number of hydrogen-bond donors (Lipinski definition) is 3. The Balaban J connectivity index is 1.44. The Kier molecular flexibility index (Phi) is 6.91. The lowest BCUT2D eigenvalue weighted by molar-refractivity contribution is -0.908. The Morgan fingerprint density at radius 2 is 1.84 bits per heavy atom. The van der Waals surface area contributed by atoms with E-state index in [1.165, 1.54) is 4.90 Å². The molecule has 0 bridgehead atoms. The summed E-state index contributed by atoms with van der Waals surface area (Å²) in [7, 11) is 1.62. The number of nitrogens with zero attached hydrogens (tertiary/aromatic N) is 2. The normalized spacial score (nSPS) is 15.8. The minimum Gasteiger partial charge on any atom is -0.497 e. The van der Waals surface area contributed by atoms with Crippen LogP contribution in [0.2, 0.25) is 0 Å². The Hall–Kier alpha value is -2.81. The van der Waals surface area contributed by atoms with Crippen LogP contribution in [0.15, 0.2) is 48.5 Å². The van der Waals surface area contributed by atoms with Gasteiger partial charge in [0.2, 0.25) is 0 Å². The summed E-state index contributed by atoms with van der Waals surface area (Å²) in [6, 6.07) is 15.5. The highest BCUT2D eigenvalue weighted by molar-refractivity contribution is 5.73. The van der Waals surface area contributed by atoms with Crippen molar-refractivity contribution in [2.45, 2.75) is 19.2 Å². The summed E-state index contributed by atoms with van der Waals surface area (Å²) < 4.78 is 20.5. The van der Waals surface area contributed by atoms with Gasteiger partial charge in [0.1, 0.15) is 68.0 Å². The van der Waals surface area contributed by atoms with Gasteiger partial charge in [0.15, 0.2) is 0 Å². The number of ether oxygens (including phenoxy) is 3. The van der Waals surface area contributed by atoms with Crippen molar-refractivity contribution in [3.63, 3.8) is 0 Å². The van der Waals surface area contributed by atoms with Crippen molar-refractivity contribution in [3.8, 4) is 11.5 Å². The number of morpholine rings is 1. The predicted molar refractivity (Wildman–Crippen MR) is 117 cm³/mol. The number of imidazole rings is 1. The lowest BCUT2D eigenvalue weighted by Crippen LogP contribution is -3.14. The molecule has 1 aliphatic rings. The molecule has 1 saturated heterocycles. The second kappa shape index (κ2) is 10.00. The first-order valence-corrected chi connectivity index (χ1v) is 10.8. The molecular formula is C23H32N4O4+2. The monoisotopic (exact) mass is 428 g/mol. The van der Waals surface area contributed by atoms with Crippen LogP contribution in [-0.2, 0) is 17.8 Å². The van der Waals surface area contributed by atoms with Crippen LogP contribution in [0.1, 0.15) is 0 Å². The predicted octanol–water partition coefficient (Wildman–Crippen LogP) is -0.125. The molecule has 0 spiro atoms. The van der Waals surface area contributed by atoms with Crippen LogP contribution in [0.5, 0.6) is 11.5 Å². The fraction of sp³-hybridized carbons (Fsp3) is 0.435. The second-order valence-electron chi connectivity index (χ2n) is 7.86. The number of fused-ring (bicyclic) bond motifs is 1. The molecule has 1 fully saturated rings. The fourth-order valence-corrected chi connectivity index (χ4v) is 4.05. The lowest BCUT2D eigenvalue weighted by Gasteiger charge is -2.23. The summed E-state index contributed by atoms with van der Waals surface area (Å²) >= 11 is 0. The van der Waals surface area contributed by atoms with Gasteiger partial charge in [0.25, 0.3) is 0 Å². The first kappa shape index (κ1) is 21.4. The zero-order valence-electron chi connectivity index (χ0n) is 18.0. The van der Waals surface area contributed by atoms with E-state index >= 15 is 0 Å². The number of nitrogen functional groups attached to an aromatic ring is 1. The third-order valence-electron chi connectivity index (χ3n) is 5.80. The zero-order chi connectivity index (χ0) is 21.6. The summed E-state index contributed by atoms with van der Waals surface area (Å²) in [5.74, 6) is 2.11.